The molecule has 258 valence electrons. The van der Waals surface area contributed by atoms with Crippen LogP contribution in [0.2, 0.25) is 0 Å². The molecular weight excluding hydrogens is 626 g/mol. The molecule has 5 aromatic rings. The monoisotopic (exact) mass is 669 g/mol. The van der Waals surface area contributed by atoms with E-state index in [-0.39, 0.29) is 12.1 Å². The van der Waals surface area contributed by atoms with Crippen LogP contribution in [-0.2, 0) is 16.5 Å². The quantitative estimate of drug-likeness (QED) is 0.223. The number of imidazole rings is 1. The summed E-state index contributed by atoms with van der Waals surface area (Å²) in [7, 11) is 3.53. The number of hydrogen-bond donors (Lipinski definition) is 1. The van der Waals surface area contributed by atoms with Crippen LogP contribution in [0, 0.1) is 0 Å². The Kier molecular flexibility index (Phi) is 8.59. The van der Waals surface area contributed by atoms with Gasteiger partial charge in [-0.05, 0) is 66.7 Å². The molecule has 2 aromatic carbocycles. The highest BCUT2D eigenvalue weighted by Gasteiger charge is 2.32. The molecule has 1 saturated heterocycles. The zero-order valence-corrected chi connectivity index (χ0v) is 29.4. The molecule has 6 rings (SSSR count). The maximum Gasteiger partial charge on any atom is 0.435 e. The van der Waals surface area contributed by atoms with Crippen LogP contribution < -0.4 is 15.0 Å². The van der Waals surface area contributed by atoms with Gasteiger partial charge in [0.05, 0.1) is 46.8 Å². The molecule has 14 heteroatoms. The van der Waals surface area contributed by atoms with Gasteiger partial charge < -0.3 is 33.9 Å². The molecule has 1 N–H and O–H groups in total. The van der Waals surface area contributed by atoms with Gasteiger partial charge in [-0.3, -0.25) is 0 Å². The van der Waals surface area contributed by atoms with Gasteiger partial charge in [-0.2, -0.15) is 9.78 Å². The van der Waals surface area contributed by atoms with Gasteiger partial charge in [0.1, 0.15) is 34.9 Å². The van der Waals surface area contributed by atoms with E-state index < -0.39 is 17.3 Å². The molecule has 1 aliphatic rings. The Balaban J connectivity index is 1.31. The fourth-order valence-electron chi connectivity index (χ4n) is 6.01. The predicted octanol–water partition coefficient (Wildman–Crippen LogP) is 6.36. The van der Waals surface area contributed by atoms with Crippen molar-refractivity contribution in [1.29, 1.82) is 0 Å². The molecule has 0 aliphatic carbocycles. The molecule has 1 fully saturated rings. The summed E-state index contributed by atoms with van der Waals surface area (Å²) >= 11 is 0. The van der Waals surface area contributed by atoms with Crippen LogP contribution in [0.25, 0.3) is 33.3 Å². The summed E-state index contributed by atoms with van der Waals surface area (Å²) in [5.41, 5.74) is 3.42. The number of piperazine rings is 1. The Bertz CT molecular complexity index is 2040. The minimum atomic E-state index is -0.671. The lowest BCUT2D eigenvalue weighted by Gasteiger charge is -2.41. The van der Waals surface area contributed by atoms with Crippen molar-refractivity contribution in [2.24, 2.45) is 7.05 Å². The Labute approximate surface area is 285 Å². The number of amides is 1. The number of carbonyl (C=O) groups is 2. The van der Waals surface area contributed by atoms with Gasteiger partial charge in [0.15, 0.2) is 0 Å². The lowest BCUT2D eigenvalue weighted by Crippen LogP contribution is -2.55. The number of para-hydroxylation sites is 1. The number of hydrogen-bond acceptors (Lipinski definition) is 11. The number of carbonyl (C=O) groups excluding carboxylic acids is 2. The topological polar surface area (TPSA) is 142 Å². The first-order chi connectivity index (χ1) is 23.1. The highest BCUT2D eigenvalue weighted by Crippen LogP contribution is 2.37. The number of nitrogens with one attached hydrogen (secondary N) is 1. The largest absolute Gasteiger partial charge is 0.494 e. The molecule has 3 aromatic heterocycles. The molecule has 49 heavy (non-hydrogen) atoms. The van der Waals surface area contributed by atoms with E-state index in [9.17, 15) is 9.59 Å². The molecule has 0 saturated carbocycles. The summed E-state index contributed by atoms with van der Waals surface area (Å²) < 4.78 is 20.2. The van der Waals surface area contributed by atoms with Crippen molar-refractivity contribution in [2.75, 3.05) is 37.0 Å². The van der Waals surface area contributed by atoms with Gasteiger partial charge >= 0.3 is 12.2 Å². The van der Waals surface area contributed by atoms with E-state index in [1.54, 1.807) is 51.2 Å². The molecule has 1 aliphatic heterocycles. The number of aromatic nitrogens is 6. The SMILES string of the molecule is COc1cc2c(cnn2C(=O)OC(C)(C)C)cc1Nc1ncncc1-c1nc2cccc(N3CCN(C(=O)OC(C)(C)C)[C@@H](C)C3)c2n1C. The molecule has 1 amide bonds. The van der Waals surface area contributed by atoms with Crippen molar-refractivity contribution in [3.05, 3.63) is 49.1 Å². The molecule has 4 heterocycles. The van der Waals surface area contributed by atoms with Gasteiger partial charge in [-0.1, -0.05) is 6.07 Å². The average Bonchev–Trinajstić information content (AvgIpc) is 3.59. The normalized spacial score (nSPS) is 15.5. The van der Waals surface area contributed by atoms with Crippen LogP contribution in [0.1, 0.15) is 48.5 Å². The lowest BCUT2D eigenvalue weighted by molar-refractivity contribution is 0.0159. The first-order valence-electron chi connectivity index (χ1n) is 16.2. The summed E-state index contributed by atoms with van der Waals surface area (Å²) in [4.78, 5) is 43.7. The van der Waals surface area contributed by atoms with Crippen molar-refractivity contribution in [3.63, 3.8) is 0 Å². The van der Waals surface area contributed by atoms with Crippen LogP contribution >= 0.6 is 0 Å². The van der Waals surface area contributed by atoms with Gasteiger partial charge in [-0.15, -0.1) is 0 Å². The Morgan fingerprint density at radius 2 is 1.71 bits per heavy atom. The fourth-order valence-corrected chi connectivity index (χ4v) is 6.01. The minimum absolute atomic E-state index is 0.0477. The number of nitrogens with zero attached hydrogens (tertiary/aromatic N) is 8. The molecule has 0 bridgehead atoms. The van der Waals surface area contributed by atoms with Crippen LogP contribution in [0.3, 0.4) is 0 Å². The van der Waals surface area contributed by atoms with Gasteiger partial charge in [-0.25, -0.2) is 24.5 Å². The van der Waals surface area contributed by atoms with Crippen LogP contribution in [0.5, 0.6) is 5.75 Å². The highest BCUT2D eigenvalue weighted by molar-refractivity contribution is 5.95. The summed E-state index contributed by atoms with van der Waals surface area (Å²) in [6.45, 7) is 14.9. The van der Waals surface area contributed by atoms with Crippen molar-refractivity contribution in [1.82, 2.24) is 34.2 Å². The minimum Gasteiger partial charge on any atom is -0.494 e. The molecule has 0 spiro atoms. The van der Waals surface area contributed by atoms with E-state index >= 15 is 0 Å². The Morgan fingerprint density at radius 3 is 2.41 bits per heavy atom. The van der Waals surface area contributed by atoms with E-state index in [1.807, 2.05) is 57.5 Å². The number of ether oxygens (including phenoxy) is 3. The number of anilines is 3. The zero-order chi connectivity index (χ0) is 35.2. The standard InChI is InChI=1S/C35H43N9O5/c1-21-19-42(13-14-43(21)32(45)48-34(2,3)4)26-12-10-11-24-29(26)41(8)31(40-24)23-18-36-20-37-30(23)39-25-15-22-17-38-44(27(22)16-28(25)47-9)33(46)49-35(5,6)7/h10-12,15-18,20-21H,13-14,19H2,1-9H3,(H,36,37,39)/t21-/m0/s1. The first-order valence-corrected chi connectivity index (χ1v) is 16.2. The fraction of sp³-hybridized carbons (Fsp3) is 0.429. The summed E-state index contributed by atoms with van der Waals surface area (Å²) in [6.07, 6.45) is 3.92. The van der Waals surface area contributed by atoms with Crippen molar-refractivity contribution in [2.45, 2.75) is 65.7 Å². The van der Waals surface area contributed by atoms with Crippen LogP contribution in [0.4, 0.5) is 26.8 Å². The third kappa shape index (κ3) is 6.80. The second-order valence-corrected chi connectivity index (χ2v) is 14.2. The number of methoxy groups -OCH3 is 1. The van der Waals surface area contributed by atoms with Gasteiger partial charge in [0.2, 0.25) is 0 Å². The third-order valence-corrected chi connectivity index (χ3v) is 8.13. The molecular formula is C35H43N9O5. The summed E-state index contributed by atoms with van der Waals surface area (Å²) in [5.74, 6) is 1.67. The molecule has 14 nitrogen and oxygen atoms in total. The first kappa shape index (κ1) is 33.5. The van der Waals surface area contributed by atoms with Gasteiger partial charge in [0.25, 0.3) is 0 Å². The molecule has 0 radical (unpaired) electrons. The molecule has 1 atom stereocenters. The van der Waals surface area contributed by atoms with Crippen LogP contribution in [0.15, 0.2) is 49.1 Å². The second kappa shape index (κ2) is 12.6. The van der Waals surface area contributed by atoms with E-state index in [4.69, 9.17) is 19.2 Å². The highest BCUT2D eigenvalue weighted by atomic mass is 16.6. The number of benzene rings is 2. The Hall–Kier alpha value is -5.40. The van der Waals surface area contributed by atoms with E-state index in [0.29, 0.717) is 59.2 Å². The van der Waals surface area contributed by atoms with E-state index in [2.05, 4.69) is 31.3 Å². The average molecular weight is 670 g/mol. The summed E-state index contributed by atoms with van der Waals surface area (Å²) in [5, 5.41) is 8.38. The number of fused-ring (bicyclic) bond motifs is 2. The second-order valence-electron chi connectivity index (χ2n) is 14.2. The lowest BCUT2D eigenvalue weighted by atomic mass is 10.1. The Morgan fingerprint density at radius 1 is 0.980 bits per heavy atom. The third-order valence-electron chi connectivity index (χ3n) is 8.13. The molecule has 0 unspecified atom stereocenters. The van der Waals surface area contributed by atoms with E-state index in [1.165, 1.54) is 11.0 Å². The number of rotatable bonds is 5. The van der Waals surface area contributed by atoms with Gasteiger partial charge in [0, 0.05) is 50.4 Å². The van der Waals surface area contributed by atoms with Crippen LogP contribution in [-0.4, -0.2) is 90.4 Å². The smallest absolute Gasteiger partial charge is 0.435 e. The van der Waals surface area contributed by atoms with Crippen molar-refractivity contribution >= 4 is 51.3 Å². The van der Waals surface area contributed by atoms with E-state index in [0.717, 1.165) is 16.7 Å². The maximum atomic E-state index is 12.9. The summed E-state index contributed by atoms with van der Waals surface area (Å²) in [6, 6.07) is 9.60. The number of aryl methyl sites for hydroxylation is 1. The van der Waals surface area contributed by atoms with Crippen molar-refractivity contribution < 1.29 is 23.8 Å². The predicted molar refractivity (Wildman–Crippen MR) is 188 cm³/mol. The maximum absolute atomic E-state index is 12.9. The zero-order valence-electron chi connectivity index (χ0n) is 29.4. The van der Waals surface area contributed by atoms with Crippen molar-refractivity contribution in [3.8, 4) is 17.1 Å².